The van der Waals surface area contributed by atoms with Gasteiger partial charge in [0.25, 0.3) is 5.91 Å². The van der Waals surface area contributed by atoms with Gasteiger partial charge in [0, 0.05) is 12.0 Å². The number of nitrogens with one attached hydrogen (secondary N) is 1. The van der Waals surface area contributed by atoms with Crippen LogP contribution in [0.1, 0.15) is 21.5 Å². The Morgan fingerprint density at radius 1 is 0.730 bits per heavy atom. The highest BCUT2D eigenvalue weighted by Gasteiger charge is 2.30. The topological polar surface area (TPSA) is 55.4 Å². The van der Waals surface area contributed by atoms with Crippen molar-refractivity contribution >= 4 is 11.9 Å². The third-order valence-electron chi connectivity index (χ3n) is 5.98. The van der Waals surface area contributed by atoms with E-state index in [-0.39, 0.29) is 6.42 Å². The number of ether oxygens (including phenoxy) is 1. The Balaban J connectivity index is 1.44. The first kappa shape index (κ1) is 25.7. The molecule has 0 saturated carbocycles. The molecule has 0 aromatic heterocycles. The number of alkyl halides is 3. The lowest BCUT2D eigenvalue weighted by Gasteiger charge is -2.17. The Morgan fingerprint density at radius 2 is 1.22 bits per heavy atom. The van der Waals surface area contributed by atoms with Crippen molar-refractivity contribution in [1.29, 1.82) is 0 Å². The monoisotopic (exact) mass is 503 g/mol. The Kier molecular flexibility index (Phi) is 7.72. The molecule has 1 N–H and O–H groups in total. The molecule has 0 aliphatic rings. The summed E-state index contributed by atoms with van der Waals surface area (Å²) in [6.45, 7) is 0. The first-order valence-corrected chi connectivity index (χ1v) is 11.6. The number of rotatable bonds is 7. The molecule has 0 radical (unpaired) electrons. The molecule has 1 amide bonds. The highest BCUT2D eigenvalue weighted by atomic mass is 19.4. The summed E-state index contributed by atoms with van der Waals surface area (Å²) in [6.07, 6.45) is -4.16. The fourth-order valence-electron chi connectivity index (χ4n) is 3.94. The van der Waals surface area contributed by atoms with E-state index in [2.05, 4.69) is 5.32 Å². The first-order valence-electron chi connectivity index (χ1n) is 11.6. The van der Waals surface area contributed by atoms with Crippen LogP contribution in [0.4, 0.5) is 13.2 Å². The lowest BCUT2D eigenvalue weighted by molar-refractivity contribution is -0.143. The van der Waals surface area contributed by atoms with Crippen LogP contribution in [0.5, 0.6) is 0 Å². The molecular weight excluding hydrogens is 479 g/mol. The first-order chi connectivity index (χ1) is 17.7. The Morgan fingerprint density at radius 3 is 1.73 bits per heavy atom. The zero-order chi connectivity index (χ0) is 26.4. The van der Waals surface area contributed by atoms with Gasteiger partial charge in [-0.25, -0.2) is 4.79 Å². The van der Waals surface area contributed by atoms with E-state index < -0.39 is 29.7 Å². The molecular formula is C30H24F3NO3. The molecule has 0 saturated heterocycles. The molecule has 0 spiro atoms. The molecule has 1 unspecified atom stereocenters. The molecule has 0 aliphatic heterocycles. The van der Waals surface area contributed by atoms with Gasteiger partial charge in [0.05, 0.1) is 12.7 Å². The highest BCUT2D eigenvalue weighted by molar-refractivity contribution is 5.97. The Labute approximate surface area is 212 Å². The fourth-order valence-corrected chi connectivity index (χ4v) is 3.94. The maximum Gasteiger partial charge on any atom is 0.416 e. The zero-order valence-corrected chi connectivity index (χ0v) is 20.0. The summed E-state index contributed by atoms with van der Waals surface area (Å²) in [5.74, 6) is -1.03. The normalized spacial score (nSPS) is 12.0. The molecule has 4 aromatic carbocycles. The molecule has 1 atom stereocenters. The van der Waals surface area contributed by atoms with Crippen LogP contribution in [-0.2, 0) is 22.1 Å². The maximum atomic E-state index is 12.9. The molecule has 7 heteroatoms. The quantitative estimate of drug-likeness (QED) is 0.291. The third-order valence-corrected chi connectivity index (χ3v) is 5.98. The van der Waals surface area contributed by atoms with E-state index in [1.807, 2.05) is 54.6 Å². The number of methoxy groups -OCH3 is 1. The smallest absolute Gasteiger partial charge is 0.416 e. The van der Waals surface area contributed by atoms with E-state index in [1.165, 1.54) is 19.2 Å². The van der Waals surface area contributed by atoms with Crippen molar-refractivity contribution in [1.82, 2.24) is 5.32 Å². The molecule has 37 heavy (non-hydrogen) atoms. The van der Waals surface area contributed by atoms with Crippen LogP contribution in [0.25, 0.3) is 22.3 Å². The van der Waals surface area contributed by atoms with Crippen molar-refractivity contribution in [3.63, 3.8) is 0 Å². The van der Waals surface area contributed by atoms with Gasteiger partial charge in [-0.15, -0.1) is 0 Å². The van der Waals surface area contributed by atoms with E-state index in [0.717, 1.165) is 28.8 Å². The Hall–Kier alpha value is -4.39. The van der Waals surface area contributed by atoms with Crippen LogP contribution >= 0.6 is 0 Å². The van der Waals surface area contributed by atoms with Crippen LogP contribution < -0.4 is 5.32 Å². The second-order valence-electron chi connectivity index (χ2n) is 8.47. The van der Waals surface area contributed by atoms with E-state index in [0.29, 0.717) is 16.7 Å². The minimum absolute atomic E-state index is 0.247. The van der Waals surface area contributed by atoms with Crippen molar-refractivity contribution in [2.75, 3.05) is 7.11 Å². The van der Waals surface area contributed by atoms with Crippen LogP contribution in [0.2, 0.25) is 0 Å². The van der Waals surface area contributed by atoms with E-state index >= 15 is 0 Å². The molecule has 4 aromatic rings. The predicted molar refractivity (Wildman–Crippen MR) is 136 cm³/mol. The van der Waals surface area contributed by atoms with Gasteiger partial charge >= 0.3 is 12.1 Å². The molecule has 4 rings (SSSR count). The number of benzene rings is 4. The number of carbonyl (C=O) groups excluding carboxylic acids is 2. The summed E-state index contributed by atoms with van der Waals surface area (Å²) in [5, 5.41) is 2.72. The lowest BCUT2D eigenvalue weighted by atomic mass is 10.00. The van der Waals surface area contributed by atoms with Gasteiger partial charge in [0.1, 0.15) is 6.04 Å². The maximum absolute atomic E-state index is 12.9. The minimum atomic E-state index is -4.40. The summed E-state index contributed by atoms with van der Waals surface area (Å²) in [4.78, 5) is 25.3. The van der Waals surface area contributed by atoms with Crippen molar-refractivity contribution in [2.45, 2.75) is 18.6 Å². The summed E-state index contributed by atoms with van der Waals surface area (Å²) in [6, 6.07) is 27.9. The molecule has 0 heterocycles. The highest BCUT2D eigenvalue weighted by Crippen LogP contribution is 2.31. The standard InChI is InChI=1S/C30H24F3NO3/c1-37-29(36)27(19-20-7-9-22(10-8-20)21-5-3-2-4-6-21)34-28(35)25-13-11-23(12-14-25)24-15-17-26(18-16-24)30(31,32)33/h2-18,27H,19H2,1H3,(H,34,35). The molecule has 4 nitrogen and oxygen atoms in total. The molecule has 0 fully saturated rings. The molecule has 0 bridgehead atoms. The average Bonchev–Trinajstić information content (AvgIpc) is 2.93. The zero-order valence-electron chi connectivity index (χ0n) is 20.0. The average molecular weight is 504 g/mol. The largest absolute Gasteiger partial charge is 0.467 e. The van der Waals surface area contributed by atoms with Crippen molar-refractivity contribution in [2.24, 2.45) is 0 Å². The predicted octanol–water partition coefficient (Wildman–Crippen LogP) is 6.55. The number of hydrogen-bond acceptors (Lipinski definition) is 3. The van der Waals surface area contributed by atoms with Gasteiger partial charge in [0.15, 0.2) is 0 Å². The number of esters is 1. The van der Waals surface area contributed by atoms with Crippen LogP contribution in [0.15, 0.2) is 103 Å². The van der Waals surface area contributed by atoms with E-state index in [4.69, 9.17) is 4.74 Å². The second-order valence-corrected chi connectivity index (χ2v) is 8.47. The van der Waals surface area contributed by atoms with Gasteiger partial charge < -0.3 is 10.1 Å². The van der Waals surface area contributed by atoms with Crippen LogP contribution in [0.3, 0.4) is 0 Å². The van der Waals surface area contributed by atoms with Crippen LogP contribution in [0, 0.1) is 0 Å². The van der Waals surface area contributed by atoms with Crippen molar-refractivity contribution < 1.29 is 27.5 Å². The van der Waals surface area contributed by atoms with Crippen molar-refractivity contribution in [3.8, 4) is 22.3 Å². The van der Waals surface area contributed by atoms with Gasteiger partial charge in [-0.2, -0.15) is 13.2 Å². The van der Waals surface area contributed by atoms with Crippen LogP contribution in [-0.4, -0.2) is 25.0 Å². The third kappa shape index (κ3) is 6.44. The van der Waals surface area contributed by atoms with Gasteiger partial charge in [-0.05, 0) is 52.1 Å². The Bertz CT molecular complexity index is 1350. The summed E-state index contributed by atoms with van der Waals surface area (Å²) < 4.78 is 43.3. The van der Waals surface area contributed by atoms with Gasteiger partial charge in [0.2, 0.25) is 0 Å². The minimum Gasteiger partial charge on any atom is -0.467 e. The van der Waals surface area contributed by atoms with E-state index in [1.54, 1.807) is 24.3 Å². The van der Waals surface area contributed by atoms with Crippen molar-refractivity contribution in [3.05, 3.63) is 120 Å². The number of carbonyl (C=O) groups is 2. The summed E-state index contributed by atoms with van der Waals surface area (Å²) in [5.41, 5.74) is 3.80. The molecule has 188 valence electrons. The fraction of sp³-hybridized carbons (Fsp3) is 0.133. The van der Waals surface area contributed by atoms with Gasteiger partial charge in [-0.3, -0.25) is 4.79 Å². The number of halogens is 3. The van der Waals surface area contributed by atoms with E-state index in [9.17, 15) is 22.8 Å². The van der Waals surface area contributed by atoms with Gasteiger partial charge in [-0.1, -0.05) is 78.9 Å². The second kappa shape index (κ2) is 11.1. The molecule has 0 aliphatic carbocycles. The lowest BCUT2D eigenvalue weighted by Crippen LogP contribution is -2.43. The number of amides is 1. The summed E-state index contributed by atoms with van der Waals surface area (Å²) in [7, 11) is 1.26. The SMILES string of the molecule is COC(=O)C(Cc1ccc(-c2ccccc2)cc1)NC(=O)c1ccc(-c2ccc(C(F)(F)F)cc2)cc1. The number of hydrogen-bond donors (Lipinski definition) is 1. The summed E-state index contributed by atoms with van der Waals surface area (Å²) >= 11 is 0.